The first-order chi connectivity index (χ1) is 14.0. The van der Waals surface area contributed by atoms with E-state index in [4.69, 9.17) is 0 Å². The van der Waals surface area contributed by atoms with E-state index in [1.165, 1.54) is 17.8 Å². The molecule has 150 valence electrons. The zero-order valence-electron chi connectivity index (χ0n) is 15.7. The van der Waals surface area contributed by atoms with Gasteiger partial charge in [0, 0.05) is 37.9 Å². The second kappa shape index (κ2) is 7.88. The van der Waals surface area contributed by atoms with Crippen LogP contribution in [0.15, 0.2) is 47.4 Å². The van der Waals surface area contributed by atoms with Crippen LogP contribution in [-0.4, -0.2) is 55.6 Å². The topological polar surface area (TPSA) is 120 Å². The summed E-state index contributed by atoms with van der Waals surface area (Å²) in [5.41, 5.74) is 0.304. The Morgan fingerprint density at radius 1 is 1.17 bits per heavy atom. The molecule has 9 heteroatoms. The lowest BCUT2D eigenvalue weighted by atomic mass is 10.0. The molecule has 0 spiro atoms. The molecule has 1 aliphatic rings. The molecular formula is C20H21N5O4. The first-order valence-corrected chi connectivity index (χ1v) is 9.43. The number of likely N-dealkylation sites (tertiary alicyclic amines) is 1. The van der Waals surface area contributed by atoms with Crippen molar-refractivity contribution in [2.45, 2.75) is 25.4 Å². The number of aromatic carboxylic acids is 1. The number of carbonyl (C=O) groups is 2. The number of piperidine rings is 1. The minimum Gasteiger partial charge on any atom is -0.477 e. The highest BCUT2D eigenvalue weighted by molar-refractivity contribution is 6.08. The first-order valence-electron chi connectivity index (χ1n) is 9.43. The van der Waals surface area contributed by atoms with Crippen molar-refractivity contribution < 1.29 is 14.7 Å². The molecule has 1 aliphatic heterocycles. The number of aromatic nitrogens is 3. The Bertz CT molecular complexity index is 1100. The van der Waals surface area contributed by atoms with Gasteiger partial charge in [0.1, 0.15) is 5.56 Å². The number of carboxylic acid groups (broad SMARTS) is 1. The van der Waals surface area contributed by atoms with Gasteiger partial charge in [0.05, 0.1) is 0 Å². The second-order valence-corrected chi connectivity index (χ2v) is 7.12. The highest BCUT2D eigenvalue weighted by Gasteiger charge is 2.28. The maximum absolute atomic E-state index is 12.8. The fourth-order valence-corrected chi connectivity index (χ4v) is 3.68. The van der Waals surface area contributed by atoms with E-state index in [0.29, 0.717) is 0 Å². The fraction of sp³-hybridized carbons (Fsp3) is 0.300. The van der Waals surface area contributed by atoms with Gasteiger partial charge in [0.25, 0.3) is 11.5 Å². The average Bonchev–Trinajstić information content (AvgIpc) is 3.12. The monoisotopic (exact) mass is 395 g/mol. The summed E-state index contributed by atoms with van der Waals surface area (Å²) in [6.45, 7) is 2.52. The van der Waals surface area contributed by atoms with Gasteiger partial charge in [-0.3, -0.25) is 19.6 Å². The van der Waals surface area contributed by atoms with E-state index >= 15 is 0 Å². The van der Waals surface area contributed by atoms with Crippen LogP contribution < -0.4 is 10.9 Å². The van der Waals surface area contributed by atoms with Crippen LogP contribution in [0.4, 0.5) is 0 Å². The summed E-state index contributed by atoms with van der Waals surface area (Å²) in [4.78, 5) is 42.7. The number of hydrogen-bond acceptors (Lipinski definition) is 5. The first kappa shape index (κ1) is 18.9. The number of benzene rings is 1. The minimum atomic E-state index is -1.32. The van der Waals surface area contributed by atoms with Crippen molar-refractivity contribution in [2.24, 2.45) is 0 Å². The Labute approximate surface area is 166 Å². The molecule has 0 unspecified atom stereocenters. The lowest BCUT2D eigenvalue weighted by molar-refractivity contribution is 0.0683. The van der Waals surface area contributed by atoms with Crippen molar-refractivity contribution >= 4 is 17.5 Å². The van der Waals surface area contributed by atoms with Gasteiger partial charge in [-0.15, -0.1) is 0 Å². The van der Waals surface area contributed by atoms with Gasteiger partial charge in [0.15, 0.2) is 11.3 Å². The molecule has 1 saturated heterocycles. The molecule has 0 saturated carbocycles. The number of nitrogens with one attached hydrogen (secondary N) is 2. The molecule has 3 aromatic rings. The molecular weight excluding hydrogens is 374 g/mol. The van der Waals surface area contributed by atoms with Crippen LogP contribution >= 0.6 is 0 Å². The van der Waals surface area contributed by atoms with Gasteiger partial charge < -0.3 is 10.4 Å². The van der Waals surface area contributed by atoms with Crippen molar-refractivity contribution in [3.8, 4) is 0 Å². The summed E-state index contributed by atoms with van der Waals surface area (Å²) >= 11 is 0. The largest absolute Gasteiger partial charge is 0.477 e. The normalized spacial score (nSPS) is 15.4. The molecule has 0 aliphatic carbocycles. The van der Waals surface area contributed by atoms with Crippen molar-refractivity contribution in [3.05, 3.63) is 69.8 Å². The van der Waals surface area contributed by atoms with Crippen LogP contribution in [0, 0.1) is 0 Å². The van der Waals surface area contributed by atoms with Crippen molar-refractivity contribution in [3.63, 3.8) is 0 Å². The molecule has 2 aromatic heterocycles. The number of carbonyl (C=O) groups excluding carboxylic acids is 1. The number of hydrogen-bond donors (Lipinski definition) is 3. The maximum atomic E-state index is 12.8. The smallest absolute Gasteiger partial charge is 0.354 e. The van der Waals surface area contributed by atoms with E-state index in [2.05, 4.69) is 32.4 Å². The fourth-order valence-electron chi connectivity index (χ4n) is 3.68. The zero-order chi connectivity index (χ0) is 20.4. The quantitative estimate of drug-likeness (QED) is 0.595. The number of aromatic amines is 1. The van der Waals surface area contributed by atoms with Crippen LogP contribution in [0.5, 0.6) is 0 Å². The van der Waals surface area contributed by atoms with Gasteiger partial charge in [-0.25, -0.2) is 14.3 Å². The van der Waals surface area contributed by atoms with E-state index < -0.39 is 17.4 Å². The average molecular weight is 395 g/mol. The minimum absolute atomic E-state index is 0.00825. The predicted molar refractivity (Wildman–Crippen MR) is 105 cm³/mol. The zero-order valence-corrected chi connectivity index (χ0v) is 15.7. The molecule has 3 N–H and O–H groups in total. The van der Waals surface area contributed by atoms with E-state index in [1.807, 2.05) is 18.2 Å². The summed E-state index contributed by atoms with van der Waals surface area (Å²) in [5.74, 6) is -1.86. The number of amides is 1. The summed E-state index contributed by atoms with van der Waals surface area (Å²) < 4.78 is 0.973. The van der Waals surface area contributed by atoms with Crippen molar-refractivity contribution in [2.75, 3.05) is 13.1 Å². The molecule has 1 amide bonds. The van der Waals surface area contributed by atoms with Gasteiger partial charge in [-0.05, 0) is 18.4 Å². The lowest BCUT2D eigenvalue weighted by Crippen LogP contribution is -2.44. The SMILES string of the molecule is O=C(O)c1[nH]n2c(=O)ccnc2c1C(=O)NC1CCN(Cc2ccccc2)CC1. The van der Waals surface area contributed by atoms with Crippen LogP contribution in [-0.2, 0) is 6.54 Å². The standard InChI is InChI=1S/C20H21N5O4/c26-15-6-9-21-18-16(17(20(28)29)23-25(15)18)19(27)22-14-7-10-24(11-8-14)12-13-4-2-1-3-5-13/h1-6,9,14,23H,7-8,10-12H2,(H,22,27)(H,28,29). The molecule has 9 nitrogen and oxygen atoms in total. The van der Waals surface area contributed by atoms with E-state index in [0.717, 1.165) is 37.0 Å². The Balaban J connectivity index is 1.45. The molecule has 0 radical (unpaired) electrons. The van der Waals surface area contributed by atoms with Gasteiger partial charge in [0.2, 0.25) is 0 Å². The van der Waals surface area contributed by atoms with Gasteiger partial charge in [-0.2, -0.15) is 0 Å². The maximum Gasteiger partial charge on any atom is 0.354 e. The molecule has 0 bridgehead atoms. The Kier molecular flexibility index (Phi) is 5.13. The Morgan fingerprint density at radius 3 is 2.59 bits per heavy atom. The Hall–Kier alpha value is -3.46. The summed E-state index contributed by atoms with van der Waals surface area (Å²) in [5, 5.41) is 14.8. The third-order valence-corrected chi connectivity index (χ3v) is 5.16. The van der Waals surface area contributed by atoms with Crippen LogP contribution in [0.2, 0.25) is 0 Å². The third kappa shape index (κ3) is 3.90. The molecule has 3 heterocycles. The lowest BCUT2D eigenvalue weighted by Gasteiger charge is -2.32. The highest BCUT2D eigenvalue weighted by atomic mass is 16.4. The molecule has 29 heavy (non-hydrogen) atoms. The highest BCUT2D eigenvalue weighted by Crippen LogP contribution is 2.17. The number of carboxylic acids is 1. The van der Waals surface area contributed by atoms with Crippen molar-refractivity contribution in [1.82, 2.24) is 24.8 Å². The van der Waals surface area contributed by atoms with Crippen LogP contribution in [0.1, 0.15) is 39.3 Å². The van der Waals surface area contributed by atoms with Crippen LogP contribution in [0.25, 0.3) is 5.65 Å². The number of nitrogens with zero attached hydrogens (tertiary/aromatic N) is 3. The Morgan fingerprint density at radius 2 is 1.90 bits per heavy atom. The van der Waals surface area contributed by atoms with E-state index in [1.54, 1.807) is 0 Å². The molecule has 1 aromatic carbocycles. The van der Waals surface area contributed by atoms with Crippen LogP contribution in [0.3, 0.4) is 0 Å². The van der Waals surface area contributed by atoms with Crippen molar-refractivity contribution in [1.29, 1.82) is 0 Å². The summed E-state index contributed by atoms with van der Waals surface area (Å²) in [7, 11) is 0. The summed E-state index contributed by atoms with van der Waals surface area (Å²) in [6, 6.07) is 11.3. The number of H-pyrrole nitrogens is 1. The second-order valence-electron chi connectivity index (χ2n) is 7.12. The number of fused-ring (bicyclic) bond motifs is 1. The third-order valence-electron chi connectivity index (χ3n) is 5.16. The van der Waals surface area contributed by atoms with Gasteiger partial charge >= 0.3 is 5.97 Å². The van der Waals surface area contributed by atoms with E-state index in [9.17, 15) is 19.5 Å². The molecule has 4 rings (SSSR count). The van der Waals surface area contributed by atoms with E-state index in [-0.39, 0.29) is 22.9 Å². The molecule has 0 atom stereocenters. The van der Waals surface area contributed by atoms with Gasteiger partial charge in [-0.1, -0.05) is 30.3 Å². The predicted octanol–water partition coefficient (Wildman–Crippen LogP) is 1.12. The summed E-state index contributed by atoms with van der Waals surface area (Å²) in [6.07, 6.45) is 2.78. The molecule has 1 fully saturated rings. The number of rotatable bonds is 5.